The van der Waals surface area contributed by atoms with Gasteiger partial charge in [-0.2, -0.15) is 5.10 Å². The highest BCUT2D eigenvalue weighted by atomic mass is 16.3. The van der Waals surface area contributed by atoms with Crippen molar-refractivity contribution in [1.29, 1.82) is 0 Å². The molecule has 0 aliphatic heterocycles. The van der Waals surface area contributed by atoms with E-state index in [2.05, 4.69) is 12.0 Å². The van der Waals surface area contributed by atoms with Crippen molar-refractivity contribution < 1.29 is 10.2 Å². The number of aliphatic hydroxyl groups excluding tert-OH is 2. The lowest BCUT2D eigenvalue weighted by Gasteiger charge is -2.23. The molecule has 0 aliphatic carbocycles. The van der Waals surface area contributed by atoms with E-state index in [0.717, 1.165) is 13.0 Å². The third-order valence-electron chi connectivity index (χ3n) is 2.48. The van der Waals surface area contributed by atoms with Gasteiger partial charge in [0.25, 0.3) is 0 Å². The van der Waals surface area contributed by atoms with Crippen LogP contribution < -0.4 is 5.73 Å². The molecule has 1 aromatic heterocycles. The molecule has 0 aliphatic rings. The Hall–Kier alpha value is -1.11. The third-order valence-corrected chi connectivity index (χ3v) is 2.48. The average Bonchev–Trinajstić information content (AvgIpc) is 2.64. The largest absolute Gasteiger partial charge is 0.396 e. The van der Waals surface area contributed by atoms with E-state index in [1.54, 1.807) is 17.1 Å². The summed E-state index contributed by atoms with van der Waals surface area (Å²) in [6.45, 7) is 4.61. The average molecular weight is 242 g/mol. The Morgan fingerprint density at radius 1 is 1.53 bits per heavy atom. The smallest absolute Gasteiger partial charge is 0.0862 e. The van der Waals surface area contributed by atoms with Crippen LogP contribution in [-0.2, 0) is 6.54 Å². The van der Waals surface area contributed by atoms with Crippen molar-refractivity contribution in [3.05, 3.63) is 12.4 Å². The highest BCUT2D eigenvalue weighted by molar-refractivity contribution is 5.30. The van der Waals surface area contributed by atoms with Gasteiger partial charge in [0, 0.05) is 19.3 Å². The van der Waals surface area contributed by atoms with Crippen LogP contribution in [-0.4, -0.2) is 57.2 Å². The van der Waals surface area contributed by atoms with E-state index in [0.29, 0.717) is 25.3 Å². The first-order chi connectivity index (χ1) is 8.15. The van der Waals surface area contributed by atoms with E-state index in [-0.39, 0.29) is 6.61 Å². The lowest BCUT2D eigenvalue weighted by atomic mass is 10.3. The maximum Gasteiger partial charge on any atom is 0.0862 e. The Balaban J connectivity index is 2.38. The lowest BCUT2D eigenvalue weighted by molar-refractivity contribution is 0.0850. The molecule has 1 unspecified atom stereocenters. The fourth-order valence-electron chi connectivity index (χ4n) is 1.80. The van der Waals surface area contributed by atoms with Gasteiger partial charge < -0.3 is 15.9 Å². The van der Waals surface area contributed by atoms with E-state index in [1.807, 2.05) is 4.90 Å². The molecule has 0 spiro atoms. The highest BCUT2D eigenvalue weighted by Crippen LogP contribution is 2.01. The monoisotopic (exact) mass is 242 g/mol. The van der Waals surface area contributed by atoms with E-state index in [4.69, 9.17) is 10.8 Å². The fourth-order valence-corrected chi connectivity index (χ4v) is 1.80. The van der Waals surface area contributed by atoms with Gasteiger partial charge in [0.15, 0.2) is 0 Å². The first kappa shape index (κ1) is 14.0. The predicted octanol–water partition coefficient (Wildman–Crippen LogP) is -0.469. The summed E-state index contributed by atoms with van der Waals surface area (Å²) in [5.41, 5.74) is 6.14. The van der Waals surface area contributed by atoms with E-state index in [1.165, 1.54) is 0 Å². The zero-order chi connectivity index (χ0) is 12.7. The highest BCUT2D eigenvalue weighted by Gasteiger charge is 2.11. The molecule has 0 bridgehead atoms. The van der Waals surface area contributed by atoms with Crippen LogP contribution in [0.2, 0.25) is 0 Å². The number of hydrogen-bond donors (Lipinski definition) is 3. The Morgan fingerprint density at radius 3 is 2.82 bits per heavy atom. The summed E-state index contributed by atoms with van der Waals surface area (Å²) in [4.78, 5) is 2.04. The van der Waals surface area contributed by atoms with Crippen LogP contribution in [0, 0.1) is 0 Å². The normalized spacial score (nSPS) is 13.2. The van der Waals surface area contributed by atoms with Gasteiger partial charge in [0.05, 0.1) is 31.1 Å². The minimum absolute atomic E-state index is 0.113. The van der Waals surface area contributed by atoms with Gasteiger partial charge in [-0.05, 0) is 13.0 Å². The minimum atomic E-state index is -0.507. The zero-order valence-corrected chi connectivity index (χ0v) is 10.3. The van der Waals surface area contributed by atoms with Gasteiger partial charge in [-0.15, -0.1) is 0 Å². The molecule has 1 atom stereocenters. The fraction of sp³-hybridized carbons (Fsp3) is 0.727. The number of aromatic nitrogens is 2. The van der Waals surface area contributed by atoms with Gasteiger partial charge in [-0.25, -0.2) is 0 Å². The van der Waals surface area contributed by atoms with Gasteiger partial charge in [0.2, 0.25) is 0 Å². The number of anilines is 1. The maximum atomic E-state index is 9.91. The Bertz CT molecular complexity index is 310. The van der Waals surface area contributed by atoms with Gasteiger partial charge in [-0.3, -0.25) is 9.58 Å². The number of nitrogens with zero attached hydrogens (tertiary/aromatic N) is 3. The van der Waals surface area contributed by atoms with Crippen molar-refractivity contribution in [2.75, 3.05) is 32.0 Å². The minimum Gasteiger partial charge on any atom is -0.396 e. The van der Waals surface area contributed by atoms with Gasteiger partial charge in [0.1, 0.15) is 0 Å². The number of aliphatic hydroxyl groups is 2. The summed E-state index contributed by atoms with van der Waals surface area (Å²) >= 11 is 0. The second kappa shape index (κ2) is 7.26. The molecule has 6 nitrogen and oxygen atoms in total. The maximum absolute atomic E-state index is 9.91. The molecule has 1 heterocycles. The zero-order valence-electron chi connectivity index (χ0n) is 10.3. The Morgan fingerprint density at radius 2 is 2.29 bits per heavy atom. The summed E-state index contributed by atoms with van der Waals surface area (Å²) in [6, 6.07) is 0. The number of nitrogens with two attached hydrogens (primary N) is 1. The van der Waals surface area contributed by atoms with Crippen molar-refractivity contribution in [3.8, 4) is 0 Å². The molecule has 1 aromatic rings. The Kier molecular flexibility index (Phi) is 5.96. The molecule has 1 rings (SSSR count). The van der Waals surface area contributed by atoms with Crippen molar-refractivity contribution in [1.82, 2.24) is 14.7 Å². The van der Waals surface area contributed by atoms with Crippen LogP contribution in [0.5, 0.6) is 0 Å². The van der Waals surface area contributed by atoms with E-state index in [9.17, 15) is 5.11 Å². The number of hydrogen-bond acceptors (Lipinski definition) is 5. The molecular formula is C11H22N4O2. The van der Waals surface area contributed by atoms with Crippen LogP contribution in [0.4, 0.5) is 5.69 Å². The first-order valence-electron chi connectivity index (χ1n) is 5.95. The molecule has 0 aromatic carbocycles. The van der Waals surface area contributed by atoms with E-state index < -0.39 is 6.10 Å². The summed E-state index contributed by atoms with van der Waals surface area (Å²) in [5.74, 6) is 0. The van der Waals surface area contributed by atoms with Crippen LogP contribution >= 0.6 is 0 Å². The molecule has 0 fully saturated rings. The van der Waals surface area contributed by atoms with Crippen molar-refractivity contribution in [3.63, 3.8) is 0 Å². The molecule has 0 saturated heterocycles. The summed E-state index contributed by atoms with van der Waals surface area (Å²) < 4.78 is 1.63. The summed E-state index contributed by atoms with van der Waals surface area (Å²) in [6.07, 6.45) is 3.75. The second-order valence-electron chi connectivity index (χ2n) is 4.17. The van der Waals surface area contributed by atoms with Gasteiger partial charge in [-0.1, -0.05) is 6.92 Å². The number of nitrogen functional groups attached to an aromatic ring is 1. The number of rotatable bonds is 8. The summed E-state index contributed by atoms with van der Waals surface area (Å²) in [5, 5.41) is 22.8. The van der Waals surface area contributed by atoms with Crippen LogP contribution in [0.15, 0.2) is 12.4 Å². The first-order valence-corrected chi connectivity index (χ1v) is 5.95. The van der Waals surface area contributed by atoms with Gasteiger partial charge >= 0.3 is 0 Å². The molecule has 0 saturated carbocycles. The van der Waals surface area contributed by atoms with Crippen molar-refractivity contribution in [2.45, 2.75) is 26.0 Å². The molecule has 17 heavy (non-hydrogen) atoms. The second-order valence-corrected chi connectivity index (χ2v) is 4.17. The van der Waals surface area contributed by atoms with Crippen LogP contribution in [0.3, 0.4) is 0 Å². The summed E-state index contributed by atoms with van der Waals surface area (Å²) in [7, 11) is 0. The topological polar surface area (TPSA) is 87.5 Å². The molecule has 0 amide bonds. The van der Waals surface area contributed by atoms with Crippen LogP contribution in [0.25, 0.3) is 0 Å². The third kappa shape index (κ3) is 5.16. The molecular weight excluding hydrogens is 220 g/mol. The molecule has 6 heteroatoms. The molecule has 0 radical (unpaired) electrons. The standard InChI is InChI=1S/C11H22N4O2/c1-2-3-14(4-5-16)8-11(17)9-15-7-10(12)6-13-15/h6-7,11,16-17H,2-5,8-9,12H2,1H3. The Labute approximate surface area is 102 Å². The van der Waals surface area contributed by atoms with Crippen molar-refractivity contribution in [2.24, 2.45) is 0 Å². The molecule has 98 valence electrons. The van der Waals surface area contributed by atoms with Crippen LogP contribution in [0.1, 0.15) is 13.3 Å². The lowest BCUT2D eigenvalue weighted by Crippen LogP contribution is -2.37. The predicted molar refractivity (Wildman–Crippen MR) is 66.5 cm³/mol. The van der Waals surface area contributed by atoms with Crippen molar-refractivity contribution >= 4 is 5.69 Å². The van der Waals surface area contributed by atoms with E-state index >= 15 is 0 Å². The SMILES string of the molecule is CCCN(CCO)CC(O)Cn1cc(N)cn1. The quantitative estimate of drug-likeness (QED) is 0.573. The molecule has 4 N–H and O–H groups in total.